The quantitative estimate of drug-likeness (QED) is 0.478. The van der Waals surface area contributed by atoms with Gasteiger partial charge in [0.2, 0.25) is 0 Å². The number of hydrogen-bond donors (Lipinski definition) is 2. The van der Waals surface area contributed by atoms with E-state index < -0.39 is 0 Å². The maximum Gasteiger partial charge on any atom is 0.257 e. The first kappa shape index (κ1) is 25.7. The van der Waals surface area contributed by atoms with Gasteiger partial charge >= 0.3 is 0 Å². The first-order valence-electron chi connectivity index (χ1n) is 12.5. The smallest absolute Gasteiger partial charge is 0.257 e. The molecule has 8 heteroatoms. The number of likely N-dealkylation sites (tertiary alicyclic amines) is 1. The normalized spacial score (nSPS) is 14.3. The first-order valence-corrected chi connectivity index (χ1v) is 12.5. The molecule has 3 N–H and O–H groups in total. The fourth-order valence-corrected chi connectivity index (χ4v) is 5.04. The zero-order valence-electron chi connectivity index (χ0n) is 21.4. The summed E-state index contributed by atoms with van der Waals surface area (Å²) < 4.78 is 13.2. The number of aromatic nitrogens is 1. The summed E-state index contributed by atoms with van der Waals surface area (Å²) in [7, 11) is 3.28. The zero-order chi connectivity index (χ0) is 25.7. The number of ether oxygens (including phenoxy) is 2. The van der Waals surface area contributed by atoms with E-state index in [4.69, 9.17) is 15.2 Å². The molecule has 192 valence electrons. The van der Waals surface area contributed by atoms with Crippen LogP contribution in [-0.4, -0.2) is 61.7 Å². The lowest BCUT2D eigenvalue weighted by Crippen LogP contribution is -2.38. The Kier molecular flexibility index (Phi) is 8.28. The minimum atomic E-state index is -0.177. The molecule has 4 rings (SSSR count). The number of nitrogens with two attached hydrogens (primary N) is 1. The van der Waals surface area contributed by atoms with Crippen molar-refractivity contribution >= 4 is 22.7 Å². The standard InChI is InChI=1S/C28H36N4O4/c1-19-5-4-6-22-24(17-32(27(19)22)13-14-35-3)28(34)31-11-9-21(10-12-31)23-15-20(16-29)7-8-25(23)36-18-26(33)30-2/h4-8,15,17,21H,9-14,16,18,29H2,1-3H3,(H,30,33). The van der Waals surface area contributed by atoms with Crippen molar-refractivity contribution < 1.29 is 19.1 Å². The van der Waals surface area contributed by atoms with Gasteiger partial charge in [0.15, 0.2) is 6.61 Å². The van der Waals surface area contributed by atoms with Crippen LogP contribution in [0.15, 0.2) is 42.6 Å². The number of benzene rings is 2. The van der Waals surface area contributed by atoms with Crippen LogP contribution in [0.4, 0.5) is 0 Å². The van der Waals surface area contributed by atoms with Gasteiger partial charge in [0.1, 0.15) is 5.75 Å². The van der Waals surface area contributed by atoms with Crippen LogP contribution in [-0.2, 0) is 22.6 Å². The summed E-state index contributed by atoms with van der Waals surface area (Å²) in [5, 5.41) is 3.57. The summed E-state index contributed by atoms with van der Waals surface area (Å²) in [5.41, 5.74) is 10.9. The first-order chi connectivity index (χ1) is 17.5. The van der Waals surface area contributed by atoms with E-state index in [1.165, 1.54) is 0 Å². The molecule has 3 aromatic rings. The van der Waals surface area contributed by atoms with Crippen molar-refractivity contribution in [3.8, 4) is 5.75 Å². The van der Waals surface area contributed by atoms with E-state index >= 15 is 0 Å². The molecule has 0 saturated carbocycles. The van der Waals surface area contributed by atoms with E-state index in [-0.39, 0.29) is 24.3 Å². The highest BCUT2D eigenvalue weighted by molar-refractivity contribution is 6.07. The van der Waals surface area contributed by atoms with Gasteiger partial charge in [-0.3, -0.25) is 9.59 Å². The van der Waals surface area contributed by atoms with Crippen LogP contribution in [0.25, 0.3) is 10.9 Å². The van der Waals surface area contributed by atoms with Crippen LogP contribution in [0.3, 0.4) is 0 Å². The van der Waals surface area contributed by atoms with E-state index in [9.17, 15) is 9.59 Å². The number of carbonyl (C=O) groups excluding carboxylic acids is 2. The van der Waals surface area contributed by atoms with Crippen molar-refractivity contribution in [1.29, 1.82) is 0 Å². The Balaban J connectivity index is 1.52. The highest BCUT2D eigenvalue weighted by Gasteiger charge is 2.28. The summed E-state index contributed by atoms with van der Waals surface area (Å²) in [6.07, 6.45) is 3.61. The molecule has 1 aliphatic heterocycles. The number of fused-ring (bicyclic) bond motifs is 1. The van der Waals surface area contributed by atoms with E-state index in [0.717, 1.165) is 46.0 Å². The molecule has 2 aromatic carbocycles. The molecule has 0 radical (unpaired) electrons. The van der Waals surface area contributed by atoms with Gasteiger partial charge < -0.3 is 30.0 Å². The summed E-state index contributed by atoms with van der Waals surface area (Å²) in [6, 6.07) is 12.0. The van der Waals surface area contributed by atoms with Gasteiger partial charge in [0.25, 0.3) is 11.8 Å². The Morgan fingerprint density at radius 1 is 1.17 bits per heavy atom. The molecule has 0 unspecified atom stereocenters. The molecule has 0 spiro atoms. The van der Waals surface area contributed by atoms with Crippen molar-refractivity contribution in [2.45, 2.75) is 38.8 Å². The highest BCUT2D eigenvalue weighted by atomic mass is 16.5. The molecule has 2 heterocycles. The Bertz CT molecular complexity index is 1230. The van der Waals surface area contributed by atoms with Crippen molar-refractivity contribution in [2.75, 3.05) is 40.5 Å². The van der Waals surface area contributed by atoms with Gasteiger partial charge in [-0.2, -0.15) is 0 Å². The monoisotopic (exact) mass is 492 g/mol. The fourth-order valence-electron chi connectivity index (χ4n) is 5.04. The van der Waals surface area contributed by atoms with Crippen LogP contribution < -0.4 is 15.8 Å². The molecule has 8 nitrogen and oxygen atoms in total. The van der Waals surface area contributed by atoms with E-state index in [1.807, 2.05) is 35.4 Å². The molecule has 1 fully saturated rings. The fraction of sp³-hybridized carbons (Fsp3) is 0.429. The lowest BCUT2D eigenvalue weighted by Gasteiger charge is -2.33. The zero-order valence-corrected chi connectivity index (χ0v) is 21.4. The third-order valence-corrected chi connectivity index (χ3v) is 7.04. The van der Waals surface area contributed by atoms with Crippen molar-refractivity contribution in [1.82, 2.24) is 14.8 Å². The van der Waals surface area contributed by atoms with Crippen molar-refractivity contribution in [2.24, 2.45) is 5.73 Å². The van der Waals surface area contributed by atoms with Gasteiger partial charge in [-0.15, -0.1) is 0 Å². The molecular formula is C28H36N4O4. The number of hydrogen-bond acceptors (Lipinski definition) is 5. The second kappa shape index (κ2) is 11.6. The SMILES string of the molecule is CNC(=O)COc1ccc(CN)cc1C1CCN(C(=O)c2cn(CCOC)c3c(C)cccc23)CC1. The number of piperidine rings is 1. The third-order valence-electron chi connectivity index (χ3n) is 7.04. The second-order valence-electron chi connectivity index (χ2n) is 9.30. The van der Waals surface area contributed by atoms with Gasteiger partial charge in [-0.25, -0.2) is 0 Å². The molecule has 1 aromatic heterocycles. The molecule has 0 bridgehead atoms. The Hall–Kier alpha value is -3.36. The summed E-state index contributed by atoms with van der Waals surface area (Å²) >= 11 is 0. The summed E-state index contributed by atoms with van der Waals surface area (Å²) in [6.45, 7) is 5.07. The van der Waals surface area contributed by atoms with Crippen LogP contribution in [0, 0.1) is 6.92 Å². The molecule has 2 amide bonds. The minimum Gasteiger partial charge on any atom is -0.483 e. The number of nitrogens with zero attached hydrogens (tertiary/aromatic N) is 2. The van der Waals surface area contributed by atoms with E-state index in [2.05, 4.69) is 28.9 Å². The second-order valence-corrected chi connectivity index (χ2v) is 9.30. The molecule has 1 aliphatic rings. The maximum absolute atomic E-state index is 13.6. The molecule has 0 aliphatic carbocycles. The van der Waals surface area contributed by atoms with Gasteiger partial charge in [-0.1, -0.05) is 30.3 Å². The van der Waals surface area contributed by atoms with Crippen molar-refractivity contribution in [3.05, 3.63) is 64.8 Å². The molecular weight excluding hydrogens is 456 g/mol. The predicted octanol–water partition coefficient (Wildman–Crippen LogP) is 3.20. The summed E-state index contributed by atoms with van der Waals surface area (Å²) in [5.74, 6) is 0.818. The Morgan fingerprint density at radius 2 is 1.94 bits per heavy atom. The highest BCUT2D eigenvalue weighted by Crippen LogP contribution is 2.36. The van der Waals surface area contributed by atoms with E-state index in [1.54, 1.807) is 14.2 Å². The largest absolute Gasteiger partial charge is 0.483 e. The number of methoxy groups -OCH3 is 1. The number of aryl methyl sites for hydroxylation is 1. The molecule has 0 atom stereocenters. The minimum absolute atomic E-state index is 0.0324. The average Bonchev–Trinajstić information content (AvgIpc) is 3.29. The topological polar surface area (TPSA) is 98.8 Å². The third kappa shape index (κ3) is 5.39. The number of likely N-dealkylation sites (N-methyl/N-ethyl adjacent to an activating group) is 1. The number of carbonyl (C=O) groups is 2. The van der Waals surface area contributed by atoms with Crippen LogP contribution in [0.1, 0.15) is 45.8 Å². The number of rotatable bonds is 9. The van der Waals surface area contributed by atoms with Crippen molar-refractivity contribution in [3.63, 3.8) is 0 Å². The number of para-hydroxylation sites is 1. The average molecular weight is 493 g/mol. The molecule has 1 saturated heterocycles. The predicted molar refractivity (Wildman–Crippen MR) is 140 cm³/mol. The summed E-state index contributed by atoms with van der Waals surface area (Å²) in [4.78, 5) is 27.3. The van der Waals surface area contributed by atoms with Gasteiger partial charge in [-0.05, 0) is 48.4 Å². The number of nitrogens with one attached hydrogen (secondary N) is 1. The Morgan fingerprint density at radius 3 is 2.64 bits per heavy atom. The van der Waals surface area contributed by atoms with Gasteiger partial charge in [0.05, 0.1) is 17.7 Å². The maximum atomic E-state index is 13.6. The van der Waals surface area contributed by atoms with E-state index in [0.29, 0.717) is 38.5 Å². The van der Waals surface area contributed by atoms with Gasteiger partial charge in [0, 0.05) is 51.9 Å². The lowest BCUT2D eigenvalue weighted by atomic mass is 9.87. The van der Waals surface area contributed by atoms with Crippen LogP contribution in [0.5, 0.6) is 5.75 Å². The lowest BCUT2D eigenvalue weighted by molar-refractivity contribution is -0.122. The number of amides is 2. The Labute approximate surface area is 212 Å². The van der Waals surface area contributed by atoms with Crippen LogP contribution >= 0.6 is 0 Å². The van der Waals surface area contributed by atoms with Crippen LogP contribution in [0.2, 0.25) is 0 Å². The molecule has 36 heavy (non-hydrogen) atoms.